The Balaban J connectivity index is 2.08. The molecule has 0 spiro atoms. The van der Waals surface area contributed by atoms with Gasteiger partial charge in [0.05, 0.1) is 6.04 Å². The van der Waals surface area contributed by atoms with Crippen LogP contribution in [0.5, 0.6) is 0 Å². The summed E-state index contributed by atoms with van der Waals surface area (Å²) in [5, 5.41) is 7.15. The van der Waals surface area contributed by atoms with Gasteiger partial charge in [-0.05, 0) is 67.6 Å². The van der Waals surface area contributed by atoms with Gasteiger partial charge in [0, 0.05) is 28.6 Å². The van der Waals surface area contributed by atoms with Crippen molar-refractivity contribution in [2.45, 2.75) is 19.5 Å². The van der Waals surface area contributed by atoms with E-state index < -0.39 is 0 Å². The molecule has 0 aromatic heterocycles. The van der Waals surface area contributed by atoms with Gasteiger partial charge in [0.2, 0.25) is 0 Å². The van der Waals surface area contributed by atoms with E-state index in [9.17, 15) is 0 Å². The highest BCUT2D eigenvalue weighted by Crippen LogP contribution is 2.31. The summed E-state index contributed by atoms with van der Waals surface area (Å²) in [6.45, 7) is 5.04. The molecule has 0 saturated heterocycles. The second kappa shape index (κ2) is 6.61. The summed E-state index contributed by atoms with van der Waals surface area (Å²) in [6, 6.07) is 13.5. The Morgan fingerprint density at radius 3 is 2.67 bits per heavy atom. The van der Waals surface area contributed by atoms with E-state index in [1.807, 2.05) is 0 Å². The topological polar surface area (TPSA) is 24.1 Å². The maximum atomic E-state index is 3.67. The largest absolute Gasteiger partial charge is 0.311 e. The summed E-state index contributed by atoms with van der Waals surface area (Å²) in [4.78, 5) is 0. The quantitative estimate of drug-likeness (QED) is 0.733. The molecule has 2 aromatic rings. The molecule has 1 heterocycles. The molecule has 2 nitrogen and oxygen atoms in total. The summed E-state index contributed by atoms with van der Waals surface area (Å²) < 4.78 is 2.18. The molecule has 0 fully saturated rings. The van der Waals surface area contributed by atoms with Crippen molar-refractivity contribution < 1.29 is 0 Å². The molecule has 21 heavy (non-hydrogen) atoms. The van der Waals surface area contributed by atoms with Gasteiger partial charge < -0.3 is 10.6 Å². The zero-order valence-corrected chi connectivity index (χ0v) is 15.1. The van der Waals surface area contributed by atoms with E-state index in [0.29, 0.717) is 0 Å². The van der Waals surface area contributed by atoms with E-state index in [1.54, 1.807) is 0 Å². The van der Waals surface area contributed by atoms with Gasteiger partial charge in [0.15, 0.2) is 0 Å². The van der Waals surface area contributed by atoms with Gasteiger partial charge in [-0.2, -0.15) is 0 Å². The third-order valence-electron chi connectivity index (χ3n) is 3.86. The SMILES string of the molecule is Cc1ccc2c(c1)C(c1ccc(Br)c(Br)c1)NCCNC2. The number of fused-ring (bicyclic) bond motifs is 1. The third kappa shape index (κ3) is 3.39. The van der Waals surface area contributed by atoms with Crippen LogP contribution in [0.4, 0.5) is 0 Å². The van der Waals surface area contributed by atoms with Crippen molar-refractivity contribution in [2.24, 2.45) is 0 Å². The summed E-state index contributed by atoms with van der Waals surface area (Å²) in [6.07, 6.45) is 0. The van der Waals surface area contributed by atoms with Crippen molar-refractivity contribution in [3.63, 3.8) is 0 Å². The Kier molecular flexibility index (Phi) is 4.79. The van der Waals surface area contributed by atoms with Gasteiger partial charge in [-0.1, -0.05) is 29.8 Å². The molecule has 2 N–H and O–H groups in total. The van der Waals surface area contributed by atoms with Crippen LogP contribution in [-0.2, 0) is 6.54 Å². The van der Waals surface area contributed by atoms with Crippen LogP contribution in [0.2, 0.25) is 0 Å². The van der Waals surface area contributed by atoms with Crippen LogP contribution in [0.1, 0.15) is 28.3 Å². The predicted molar refractivity (Wildman–Crippen MR) is 94.6 cm³/mol. The number of aryl methyl sites for hydroxylation is 1. The summed E-state index contributed by atoms with van der Waals surface area (Å²) in [5.74, 6) is 0. The lowest BCUT2D eigenvalue weighted by atomic mass is 9.92. The molecule has 1 aliphatic rings. The lowest BCUT2D eigenvalue weighted by Gasteiger charge is -2.26. The van der Waals surface area contributed by atoms with Crippen LogP contribution < -0.4 is 10.6 Å². The number of rotatable bonds is 1. The van der Waals surface area contributed by atoms with Crippen LogP contribution in [0, 0.1) is 6.92 Å². The first kappa shape index (κ1) is 15.2. The second-order valence-corrected chi connectivity index (χ2v) is 7.15. The summed E-state index contributed by atoms with van der Waals surface area (Å²) in [7, 11) is 0. The van der Waals surface area contributed by atoms with Gasteiger partial charge in [-0.3, -0.25) is 0 Å². The van der Waals surface area contributed by atoms with Gasteiger partial charge in [0.25, 0.3) is 0 Å². The van der Waals surface area contributed by atoms with Crippen molar-refractivity contribution in [1.29, 1.82) is 0 Å². The van der Waals surface area contributed by atoms with Crippen LogP contribution in [0.25, 0.3) is 0 Å². The highest BCUT2D eigenvalue weighted by Gasteiger charge is 2.19. The van der Waals surface area contributed by atoms with Gasteiger partial charge in [0.1, 0.15) is 0 Å². The first-order valence-corrected chi connectivity index (χ1v) is 8.72. The molecule has 0 bridgehead atoms. The molecule has 4 heteroatoms. The Morgan fingerprint density at radius 2 is 1.86 bits per heavy atom. The van der Waals surface area contributed by atoms with Crippen LogP contribution in [-0.4, -0.2) is 13.1 Å². The zero-order valence-electron chi connectivity index (χ0n) is 11.9. The van der Waals surface area contributed by atoms with Crippen molar-refractivity contribution in [3.8, 4) is 0 Å². The Hall–Kier alpha value is -0.680. The zero-order chi connectivity index (χ0) is 14.8. The van der Waals surface area contributed by atoms with E-state index in [4.69, 9.17) is 0 Å². The smallest absolute Gasteiger partial charge is 0.0580 e. The van der Waals surface area contributed by atoms with E-state index in [0.717, 1.165) is 28.6 Å². The maximum Gasteiger partial charge on any atom is 0.0580 e. The Morgan fingerprint density at radius 1 is 1.00 bits per heavy atom. The monoisotopic (exact) mass is 408 g/mol. The van der Waals surface area contributed by atoms with Gasteiger partial charge in [-0.15, -0.1) is 0 Å². The lowest BCUT2D eigenvalue weighted by Crippen LogP contribution is -2.34. The lowest BCUT2D eigenvalue weighted by molar-refractivity contribution is 0.538. The fourth-order valence-electron chi connectivity index (χ4n) is 2.77. The van der Waals surface area contributed by atoms with Crippen LogP contribution in [0.15, 0.2) is 45.3 Å². The molecule has 0 saturated carbocycles. The third-order valence-corrected chi connectivity index (χ3v) is 5.73. The van der Waals surface area contributed by atoms with E-state index in [1.165, 1.54) is 22.3 Å². The highest BCUT2D eigenvalue weighted by molar-refractivity contribution is 9.13. The molecular weight excluding hydrogens is 392 g/mol. The van der Waals surface area contributed by atoms with Gasteiger partial charge in [-0.25, -0.2) is 0 Å². The minimum Gasteiger partial charge on any atom is -0.311 e. The fourth-order valence-corrected chi connectivity index (χ4v) is 3.41. The normalized spacial score (nSPS) is 18.7. The van der Waals surface area contributed by atoms with Gasteiger partial charge >= 0.3 is 0 Å². The summed E-state index contributed by atoms with van der Waals surface area (Å²) in [5.41, 5.74) is 5.34. The van der Waals surface area contributed by atoms with Crippen LogP contribution in [0.3, 0.4) is 0 Å². The molecule has 3 rings (SSSR count). The van der Waals surface area contributed by atoms with Crippen molar-refractivity contribution in [2.75, 3.05) is 13.1 Å². The van der Waals surface area contributed by atoms with Crippen molar-refractivity contribution in [3.05, 3.63) is 67.6 Å². The molecule has 0 amide bonds. The molecule has 1 unspecified atom stereocenters. The number of benzene rings is 2. The molecular formula is C17H18Br2N2. The standard InChI is InChI=1S/C17H18Br2N2/c1-11-2-3-13-10-20-6-7-21-17(14(13)8-11)12-4-5-15(18)16(19)9-12/h2-5,8-9,17,20-21H,6-7,10H2,1H3. The van der Waals surface area contributed by atoms with Crippen LogP contribution >= 0.6 is 31.9 Å². The summed E-state index contributed by atoms with van der Waals surface area (Å²) >= 11 is 7.16. The predicted octanol–water partition coefficient (Wildman–Crippen LogP) is 4.30. The minimum absolute atomic E-state index is 0.242. The fraction of sp³-hybridized carbons (Fsp3) is 0.294. The average molecular weight is 410 g/mol. The second-order valence-electron chi connectivity index (χ2n) is 5.44. The van der Waals surface area contributed by atoms with E-state index >= 15 is 0 Å². The number of hydrogen-bond acceptors (Lipinski definition) is 2. The van der Waals surface area contributed by atoms with E-state index in [2.05, 4.69) is 85.8 Å². The Labute approximate surface area is 142 Å². The molecule has 0 aliphatic carbocycles. The molecule has 1 aliphatic heterocycles. The Bertz CT molecular complexity index is 655. The number of halogens is 2. The van der Waals surface area contributed by atoms with Crippen molar-refractivity contribution in [1.82, 2.24) is 10.6 Å². The van der Waals surface area contributed by atoms with Crippen molar-refractivity contribution >= 4 is 31.9 Å². The number of hydrogen-bond donors (Lipinski definition) is 2. The molecule has 0 radical (unpaired) electrons. The highest BCUT2D eigenvalue weighted by atomic mass is 79.9. The van der Waals surface area contributed by atoms with E-state index in [-0.39, 0.29) is 6.04 Å². The minimum atomic E-state index is 0.242. The molecule has 2 aromatic carbocycles. The first-order chi connectivity index (χ1) is 10.1. The maximum absolute atomic E-state index is 3.67. The molecule has 110 valence electrons. The average Bonchev–Trinajstić information content (AvgIpc) is 2.44. The number of nitrogens with one attached hydrogen (secondary N) is 2. The molecule has 1 atom stereocenters. The first-order valence-electron chi connectivity index (χ1n) is 7.13.